The lowest BCUT2D eigenvalue weighted by atomic mass is 10.1. The Morgan fingerprint density at radius 1 is 1.13 bits per heavy atom. The first-order valence-corrected chi connectivity index (χ1v) is 10.1. The molecule has 0 radical (unpaired) electrons. The van der Waals surface area contributed by atoms with Crippen LogP contribution in [0.3, 0.4) is 0 Å². The molecular formula is C22H27ClN2O5. The molecule has 1 atom stereocenters. The van der Waals surface area contributed by atoms with Crippen LogP contribution in [0.15, 0.2) is 42.5 Å². The molecule has 8 heteroatoms. The Morgan fingerprint density at radius 3 is 2.53 bits per heavy atom. The second-order valence-electron chi connectivity index (χ2n) is 6.67. The van der Waals surface area contributed by atoms with Gasteiger partial charge in [0.25, 0.3) is 5.91 Å². The van der Waals surface area contributed by atoms with E-state index in [4.69, 9.17) is 21.1 Å². The quantitative estimate of drug-likeness (QED) is 0.371. The number of methoxy groups -OCH3 is 1. The summed E-state index contributed by atoms with van der Waals surface area (Å²) >= 11 is 6.18. The van der Waals surface area contributed by atoms with Gasteiger partial charge in [0, 0.05) is 6.42 Å². The number of carbonyl (C=O) groups is 2. The first-order valence-electron chi connectivity index (χ1n) is 9.69. The summed E-state index contributed by atoms with van der Waals surface area (Å²) in [4.78, 5) is 24.8. The maximum atomic E-state index is 12.7. The molecule has 2 aromatic carbocycles. The minimum Gasteiger partial charge on any atom is -0.505 e. The third-order valence-electron chi connectivity index (χ3n) is 4.48. The lowest BCUT2D eigenvalue weighted by Gasteiger charge is -2.18. The number of esters is 1. The number of hydrogen-bond acceptors (Lipinski definition) is 6. The predicted molar refractivity (Wildman–Crippen MR) is 115 cm³/mol. The van der Waals surface area contributed by atoms with E-state index in [2.05, 4.69) is 10.6 Å². The summed E-state index contributed by atoms with van der Waals surface area (Å²) in [5.41, 5.74) is 0.807. The van der Waals surface area contributed by atoms with Gasteiger partial charge in [0.1, 0.15) is 16.8 Å². The van der Waals surface area contributed by atoms with E-state index in [1.54, 1.807) is 0 Å². The smallest absolute Gasteiger partial charge is 0.328 e. The molecule has 162 valence electrons. The predicted octanol–water partition coefficient (Wildman–Crippen LogP) is 2.94. The number of hydrogen-bond donors (Lipinski definition) is 3. The molecular weight excluding hydrogens is 408 g/mol. The van der Waals surface area contributed by atoms with E-state index < -0.39 is 23.7 Å². The van der Waals surface area contributed by atoms with Crippen molar-refractivity contribution < 1.29 is 24.2 Å². The van der Waals surface area contributed by atoms with Gasteiger partial charge >= 0.3 is 5.97 Å². The van der Waals surface area contributed by atoms with Crippen molar-refractivity contribution in [1.82, 2.24) is 10.6 Å². The number of phenols is 1. The minimum absolute atomic E-state index is 0.0473. The summed E-state index contributed by atoms with van der Waals surface area (Å²) in [6, 6.07) is 11.3. The molecule has 0 aromatic heterocycles. The standard InChI is InChI=1S/C22H27ClN2O5/c1-24-12-6-7-13-30-18-11-10-16(20(26)19(18)23)21(27)25-17(22(28)29-2)14-15-8-4-3-5-9-15/h3-5,8-11,17,24,26H,6-7,12-14H2,1-2H3,(H,25,27). The zero-order valence-electron chi connectivity index (χ0n) is 17.1. The number of halogens is 1. The van der Waals surface area contributed by atoms with Crippen LogP contribution in [0, 0.1) is 0 Å². The van der Waals surface area contributed by atoms with Gasteiger partial charge < -0.3 is 25.2 Å². The van der Waals surface area contributed by atoms with Crippen molar-refractivity contribution in [3.8, 4) is 11.5 Å². The SMILES string of the molecule is CNCCCCOc1ccc(C(=O)NC(Cc2ccccc2)C(=O)OC)c(O)c1Cl. The van der Waals surface area contributed by atoms with Gasteiger partial charge in [-0.2, -0.15) is 0 Å². The summed E-state index contributed by atoms with van der Waals surface area (Å²) in [6.45, 7) is 1.32. The summed E-state index contributed by atoms with van der Waals surface area (Å²) in [5.74, 6) is -1.32. The highest BCUT2D eigenvalue weighted by molar-refractivity contribution is 6.34. The Bertz CT molecular complexity index is 845. The van der Waals surface area contributed by atoms with Crippen molar-refractivity contribution in [3.05, 3.63) is 58.6 Å². The van der Waals surface area contributed by atoms with E-state index in [0.29, 0.717) is 12.4 Å². The molecule has 0 aliphatic carbocycles. The number of unbranched alkanes of at least 4 members (excludes halogenated alkanes) is 1. The normalized spacial score (nSPS) is 11.6. The van der Waals surface area contributed by atoms with Crippen LogP contribution in [0.1, 0.15) is 28.8 Å². The average molecular weight is 435 g/mol. The van der Waals surface area contributed by atoms with Crippen LogP contribution >= 0.6 is 11.6 Å². The van der Waals surface area contributed by atoms with Crippen molar-refractivity contribution in [2.24, 2.45) is 0 Å². The summed E-state index contributed by atoms with van der Waals surface area (Å²) in [6.07, 6.45) is 2.01. The van der Waals surface area contributed by atoms with Gasteiger partial charge in [0.2, 0.25) is 0 Å². The fourth-order valence-corrected chi connectivity index (χ4v) is 3.07. The Hall–Kier alpha value is -2.77. The number of rotatable bonds is 11. The topological polar surface area (TPSA) is 96.9 Å². The van der Waals surface area contributed by atoms with Crippen LogP contribution in [-0.2, 0) is 16.0 Å². The van der Waals surface area contributed by atoms with Gasteiger partial charge in [-0.05, 0) is 44.1 Å². The molecule has 0 aliphatic rings. The second-order valence-corrected chi connectivity index (χ2v) is 7.05. The Morgan fingerprint density at radius 2 is 1.87 bits per heavy atom. The van der Waals surface area contributed by atoms with E-state index >= 15 is 0 Å². The number of aromatic hydroxyl groups is 1. The largest absolute Gasteiger partial charge is 0.505 e. The fourth-order valence-electron chi connectivity index (χ4n) is 2.85. The Balaban J connectivity index is 2.08. The molecule has 3 N–H and O–H groups in total. The zero-order chi connectivity index (χ0) is 21.9. The van der Waals surface area contributed by atoms with E-state index in [1.807, 2.05) is 37.4 Å². The number of nitrogens with one attached hydrogen (secondary N) is 2. The van der Waals surface area contributed by atoms with Crippen LogP contribution in [0.2, 0.25) is 5.02 Å². The maximum absolute atomic E-state index is 12.7. The van der Waals surface area contributed by atoms with Gasteiger partial charge in [0.05, 0.1) is 19.3 Å². The zero-order valence-corrected chi connectivity index (χ0v) is 17.9. The van der Waals surface area contributed by atoms with Gasteiger partial charge in [-0.15, -0.1) is 0 Å². The molecule has 0 fully saturated rings. The van der Waals surface area contributed by atoms with Crippen LogP contribution in [0.4, 0.5) is 0 Å². The van der Waals surface area contributed by atoms with Crippen LogP contribution in [-0.4, -0.2) is 50.3 Å². The summed E-state index contributed by atoms with van der Waals surface area (Å²) in [5, 5.41) is 16.0. The van der Waals surface area contributed by atoms with Gasteiger partial charge in [-0.25, -0.2) is 4.79 Å². The molecule has 1 amide bonds. The van der Waals surface area contributed by atoms with Crippen LogP contribution in [0.5, 0.6) is 11.5 Å². The molecule has 0 aliphatic heterocycles. The first-order chi connectivity index (χ1) is 14.5. The summed E-state index contributed by atoms with van der Waals surface area (Å²) < 4.78 is 10.4. The fraction of sp³-hybridized carbons (Fsp3) is 0.364. The number of benzene rings is 2. The van der Waals surface area contributed by atoms with E-state index in [1.165, 1.54) is 19.2 Å². The number of amides is 1. The molecule has 2 rings (SSSR count). The lowest BCUT2D eigenvalue weighted by Crippen LogP contribution is -2.43. The van der Waals surface area contributed by atoms with Crippen LogP contribution in [0.25, 0.3) is 0 Å². The Labute approximate surface area is 181 Å². The molecule has 7 nitrogen and oxygen atoms in total. The van der Waals surface area contributed by atoms with Crippen molar-refractivity contribution in [2.75, 3.05) is 27.3 Å². The van der Waals surface area contributed by atoms with Gasteiger partial charge in [-0.1, -0.05) is 41.9 Å². The van der Waals surface area contributed by atoms with Crippen LogP contribution < -0.4 is 15.4 Å². The Kier molecular flexibility index (Phi) is 9.44. The van der Waals surface area contributed by atoms with Crippen molar-refractivity contribution >= 4 is 23.5 Å². The molecule has 0 saturated carbocycles. The second kappa shape index (κ2) is 12.0. The molecule has 0 saturated heterocycles. The van der Waals surface area contributed by atoms with E-state index in [0.717, 1.165) is 24.9 Å². The number of carbonyl (C=O) groups excluding carboxylic acids is 2. The van der Waals surface area contributed by atoms with E-state index in [9.17, 15) is 14.7 Å². The monoisotopic (exact) mass is 434 g/mol. The molecule has 2 aromatic rings. The van der Waals surface area contributed by atoms with Gasteiger partial charge in [-0.3, -0.25) is 4.79 Å². The third kappa shape index (κ3) is 6.64. The highest BCUT2D eigenvalue weighted by Crippen LogP contribution is 2.36. The number of ether oxygens (including phenoxy) is 2. The maximum Gasteiger partial charge on any atom is 0.328 e. The molecule has 0 bridgehead atoms. The molecule has 0 spiro atoms. The van der Waals surface area contributed by atoms with E-state index in [-0.39, 0.29) is 17.0 Å². The highest BCUT2D eigenvalue weighted by Gasteiger charge is 2.25. The first kappa shape index (κ1) is 23.5. The molecule has 1 unspecified atom stereocenters. The van der Waals surface area contributed by atoms with Crippen molar-refractivity contribution in [1.29, 1.82) is 0 Å². The third-order valence-corrected chi connectivity index (χ3v) is 4.84. The average Bonchev–Trinajstić information content (AvgIpc) is 2.76. The van der Waals surface area contributed by atoms with Crippen molar-refractivity contribution in [3.63, 3.8) is 0 Å². The van der Waals surface area contributed by atoms with Crippen molar-refractivity contribution in [2.45, 2.75) is 25.3 Å². The lowest BCUT2D eigenvalue weighted by molar-refractivity contribution is -0.142. The summed E-state index contributed by atoms with van der Waals surface area (Å²) in [7, 11) is 3.13. The number of phenolic OH excluding ortho intramolecular Hbond substituents is 1. The van der Waals surface area contributed by atoms with Gasteiger partial charge in [0.15, 0.2) is 5.75 Å². The molecule has 0 heterocycles. The molecule has 30 heavy (non-hydrogen) atoms. The minimum atomic E-state index is -0.911. The highest BCUT2D eigenvalue weighted by atomic mass is 35.5.